The molecule has 1 heterocycles. The van der Waals surface area contributed by atoms with Crippen LogP contribution in [0.2, 0.25) is 0 Å². The number of hydrogen-bond acceptors (Lipinski definition) is 4. The van der Waals surface area contributed by atoms with Gasteiger partial charge in [-0.05, 0) is 18.7 Å². The molecule has 0 unspecified atom stereocenters. The number of nitrogens with zero attached hydrogens (tertiary/aromatic N) is 2. The number of carbonyl (C=O) groups is 1. The van der Waals surface area contributed by atoms with E-state index in [1.807, 2.05) is 29.0 Å². The van der Waals surface area contributed by atoms with E-state index in [0.717, 1.165) is 11.5 Å². The van der Waals surface area contributed by atoms with Crippen LogP contribution < -0.4 is 0 Å². The average Bonchev–Trinajstić information content (AvgIpc) is 2.97. The summed E-state index contributed by atoms with van der Waals surface area (Å²) in [4.78, 5) is 16.4. The van der Waals surface area contributed by atoms with Gasteiger partial charge in [0.05, 0.1) is 18.6 Å². The van der Waals surface area contributed by atoms with Crippen molar-refractivity contribution in [3.05, 3.63) is 54.1 Å². The van der Waals surface area contributed by atoms with Gasteiger partial charge in [-0.1, -0.05) is 42.1 Å². The summed E-state index contributed by atoms with van der Waals surface area (Å²) in [5, 5.41) is 0.0966. The highest BCUT2D eigenvalue weighted by Crippen LogP contribution is 2.22. The second-order valence-corrected chi connectivity index (χ2v) is 6.45. The summed E-state index contributed by atoms with van der Waals surface area (Å²) in [5.41, 5.74) is 1.85. The molecule has 0 N–H and O–H groups in total. The Hall–Kier alpha value is -1.20. The summed E-state index contributed by atoms with van der Waals surface area (Å²) in [7, 11) is 0. The highest BCUT2D eigenvalue weighted by Gasteiger charge is 2.17. The lowest BCUT2D eigenvalue weighted by atomic mass is 10.1. The van der Waals surface area contributed by atoms with Crippen LogP contribution in [0.25, 0.3) is 0 Å². The molecule has 0 fully saturated rings. The van der Waals surface area contributed by atoms with Crippen molar-refractivity contribution in [3.8, 4) is 0 Å². The van der Waals surface area contributed by atoms with Crippen LogP contribution in [0.4, 0.5) is 0 Å². The highest BCUT2D eigenvalue weighted by molar-refractivity contribution is 8.14. The molecule has 0 amide bonds. The third-order valence-electron chi connectivity index (χ3n) is 3.10. The Bertz CT molecular complexity index is 554. The second kappa shape index (κ2) is 7.55. The van der Waals surface area contributed by atoms with Crippen LogP contribution in [0.15, 0.2) is 42.9 Å². The smallest absolute Gasteiger partial charge is 0.237 e. The van der Waals surface area contributed by atoms with E-state index in [0.29, 0.717) is 5.69 Å². The van der Waals surface area contributed by atoms with Gasteiger partial charge in [-0.3, -0.25) is 4.79 Å². The number of rotatable bonds is 6. The highest BCUT2D eigenvalue weighted by atomic mass is 32.2. The molecule has 2 aromatic rings. The number of thioether (sulfide) groups is 2. The Morgan fingerprint density at radius 3 is 2.75 bits per heavy atom. The monoisotopic (exact) mass is 306 g/mol. The van der Waals surface area contributed by atoms with Crippen molar-refractivity contribution in [3.63, 3.8) is 0 Å². The van der Waals surface area contributed by atoms with Crippen molar-refractivity contribution < 1.29 is 4.79 Å². The van der Waals surface area contributed by atoms with Gasteiger partial charge in [-0.15, -0.1) is 0 Å². The SMILES string of the molecule is CSCCSC(=O)c1cncn1[C@H](C)c1ccccc1. The van der Waals surface area contributed by atoms with E-state index in [1.54, 1.807) is 24.3 Å². The van der Waals surface area contributed by atoms with Crippen molar-refractivity contribution in [1.82, 2.24) is 9.55 Å². The van der Waals surface area contributed by atoms with Gasteiger partial charge in [0, 0.05) is 11.5 Å². The third-order valence-corrected chi connectivity index (χ3v) is 4.85. The number of carbonyl (C=O) groups excluding carboxylic acids is 1. The maximum Gasteiger partial charge on any atom is 0.237 e. The first-order chi connectivity index (χ1) is 9.74. The molecule has 0 aliphatic rings. The zero-order chi connectivity index (χ0) is 14.4. The van der Waals surface area contributed by atoms with E-state index in [4.69, 9.17) is 0 Å². The molecule has 0 bridgehead atoms. The van der Waals surface area contributed by atoms with Crippen LogP contribution >= 0.6 is 23.5 Å². The fourth-order valence-electron chi connectivity index (χ4n) is 1.96. The number of aromatic nitrogens is 2. The van der Waals surface area contributed by atoms with Crippen molar-refractivity contribution in [1.29, 1.82) is 0 Å². The Kier molecular flexibility index (Phi) is 5.73. The van der Waals surface area contributed by atoms with E-state index in [9.17, 15) is 4.79 Å². The standard InChI is InChI=1S/C15H18N2OS2/c1-12(13-6-4-3-5-7-13)17-11-16-10-14(17)15(18)20-9-8-19-2/h3-7,10-12H,8-9H2,1-2H3/t12-/m1/s1. The minimum atomic E-state index is 0.0966. The molecule has 0 aliphatic heterocycles. The lowest BCUT2D eigenvalue weighted by molar-refractivity contribution is 0.108. The zero-order valence-electron chi connectivity index (χ0n) is 11.7. The molecule has 2 rings (SSSR count). The molecule has 0 saturated carbocycles. The molecule has 0 aliphatic carbocycles. The normalized spacial score (nSPS) is 12.3. The van der Waals surface area contributed by atoms with Crippen molar-refractivity contribution in [2.24, 2.45) is 0 Å². The maximum atomic E-state index is 12.2. The first-order valence-corrected chi connectivity index (χ1v) is 8.85. The Balaban J connectivity index is 2.14. The van der Waals surface area contributed by atoms with Crippen LogP contribution in [0.5, 0.6) is 0 Å². The Morgan fingerprint density at radius 1 is 1.30 bits per heavy atom. The van der Waals surface area contributed by atoms with E-state index in [2.05, 4.69) is 24.0 Å². The van der Waals surface area contributed by atoms with Crippen LogP contribution in [0.3, 0.4) is 0 Å². The van der Waals surface area contributed by atoms with E-state index in [-0.39, 0.29) is 11.2 Å². The Labute approximate surface area is 128 Å². The number of benzene rings is 1. The van der Waals surface area contributed by atoms with Crippen LogP contribution in [-0.2, 0) is 0 Å². The lowest BCUT2D eigenvalue weighted by Crippen LogP contribution is -2.12. The molecule has 0 saturated heterocycles. The quantitative estimate of drug-likeness (QED) is 0.762. The predicted molar refractivity (Wildman–Crippen MR) is 87.7 cm³/mol. The first kappa shape index (κ1) is 15.2. The van der Waals surface area contributed by atoms with Crippen LogP contribution in [0.1, 0.15) is 29.0 Å². The van der Waals surface area contributed by atoms with Gasteiger partial charge in [-0.25, -0.2) is 4.98 Å². The fraction of sp³-hybridized carbons (Fsp3) is 0.333. The van der Waals surface area contributed by atoms with Crippen molar-refractivity contribution in [2.75, 3.05) is 17.8 Å². The minimum absolute atomic E-state index is 0.0966. The number of imidazole rings is 1. The third kappa shape index (κ3) is 3.67. The summed E-state index contributed by atoms with van der Waals surface area (Å²) >= 11 is 3.12. The van der Waals surface area contributed by atoms with E-state index < -0.39 is 0 Å². The lowest BCUT2D eigenvalue weighted by Gasteiger charge is -2.16. The van der Waals surface area contributed by atoms with E-state index in [1.165, 1.54) is 17.3 Å². The predicted octanol–water partition coefficient (Wildman–Crippen LogP) is 3.73. The van der Waals surface area contributed by atoms with Gasteiger partial charge in [0.1, 0.15) is 5.69 Å². The molecule has 5 heteroatoms. The van der Waals surface area contributed by atoms with Crippen LogP contribution in [-0.4, -0.2) is 32.4 Å². The molecular weight excluding hydrogens is 288 g/mol. The molecule has 1 aromatic carbocycles. The summed E-state index contributed by atoms with van der Waals surface area (Å²) in [5.74, 6) is 1.82. The molecule has 106 valence electrons. The summed E-state index contributed by atoms with van der Waals surface area (Å²) in [6, 6.07) is 10.3. The molecule has 1 aromatic heterocycles. The summed E-state index contributed by atoms with van der Waals surface area (Å²) in [6.45, 7) is 2.08. The van der Waals surface area contributed by atoms with Crippen LogP contribution in [0, 0.1) is 0 Å². The minimum Gasteiger partial charge on any atom is -0.320 e. The molecule has 3 nitrogen and oxygen atoms in total. The van der Waals surface area contributed by atoms with Gasteiger partial charge in [0.2, 0.25) is 5.12 Å². The van der Waals surface area contributed by atoms with Gasteiger partial charge in [-0.2, -0.15) is 11.8 Å². The molecule has 0 spiro atoms. The summed E-state index contributed by atoms with van der Waals surface area (Å²) < 4.78 is 1.95. The molecular formula is C15H18N2OS2. The van der Waals surface area contributed by atoms with E-state index >= 15 is 0 Å². The first-order valence-electron chi connectivity index (χ1n) is 6.47. The zero-order valence-corrected chi connectivity index (χ0v) is 13.3. The largest absolute Gasteiger partial charge is 0.320 e. The summed E-state index contributed by atoms with van der Waals surface area (Å²) in [6.07, 6.45) is 5.45. The second-order valence-electron chi connectivity index (χ2n) is 4.40. The topological polar surface area (TPSA) is 34.9 Å². The van der Waals surface area contributed by atoms with Crippen molar-refractivity contribution in [2.45, 2.75) is 13.0 Å². The van der Waals surface area contributed by atoms with Gasteiger partial charge in [0.25, 0.3) is 0 Å². The van der Waals surface area contributed by atoms with Gasteiger partial charge in [0.15, 0.2) is 0 Å². The number of hydrogen-bond donors (Lipinski definition) is 0. The molecule has 20 heavy (non-hydrogen) atoms. The molecule has 1 atom stereocenters. The maximum absolute atomic E-state index is 12.2. The van der Waals surface area contributed by atoms with Gasteiger partial charge >= 0.3 is 0 Å². The van der Waals surface area contributed by atoms with Crippen molar-refractivity contribution >= 4 is 28.6 Å². The molecule has 0 radical (unpaired) electrons. The average molecular weight is 306 g/mol. The van der Waals surface area contributed by atoms with Gasteiger partial charge < -0.3 is 4.57 Å². The fourth-order valence-corrected chi connectivity index (χ4v) is 3.45. The Morgan fingerprint density at radius 2 is 2.05 bits per heavy atom.